The number of ether oxygens (including phenoxy) is 1. The van der Waals surface area contributed by atoms with Crippen LogP contribution in [-0.4, -0.2) is 17.4 Å². The quantitative estimate of drug-likeness (QED) is 0.608. The van der Waals surface area contributed by atoms with E-state index in [0.717, 1.165) is 15.9 Å². The van der Waals surface area contributed by atoms with Crippen LogP contribution >= 0.6 is 38.6 Å². The number of amides is 1. The molecule has 0 atom stereocenters. The molecule has 1 amide bonds. The second kappa shape index (κ2) is 8.41. The third kappa shape index (κ3) is 4.90. The Balaban J connectivity index is 1.51. The molecule has 0 saturated heterocycles. The number of carbonyl (C=O) groups is 1. The van der Waals surface area contributed by atoms with Gasteiger partial charge in [0.1, 0.15) is 12.4 Å². The summed E-state index contributed by atoms with van der Waals surface area (Å²) in [6, 6.07) is 11.3. The molecule has 0 fully saturated rings. The molecule has 0 aliphatic carbocycles. The number of aromatic nitrogens is 1. The summed E-state index contributed by atoms with van der Waals surface area (Å²) in [5, 5.41) is 4.88. The average molecular weight is 423 g/mol. The molecular formula is C17H15BrN2O2S2. The number of benzene rings is 1. The lowest BCUT2D eigenvalue weighted by molar-refractivity contribution is 0.0953. The first-order valence-electron chi connectivity index (χ1n) is 7.33. The van der Waals surface area contributed by atoms with Crippen LogP contribution < -0.4 is 10.1 Å². The Hall–Kier alpha value is -1.70. The highest BCUT2D eigenvalue weighted by Crippen LogP contribution is 2.22. The summed E-state index contributed by atoms with van der Waals surface area (Å²) in [5.74, 6) is 0.572. The fourth-order valence-electron chi connectivity index (χ4n) is 2.08. The maximum Gasteiger partial charge on any atom is 0.251 e. The first-order chi connectivity index (χ1) is 11.7. The Morgan fingerprint density at radius 3 is 2.96 bits per heavy atom. The van der Waals surface area contributed by atoms with E-state index in [-0.39, 0.29) is 5.91 Å². The fraction of sp³-hybridized carbons (Fsp3) is 0.176. The number of thiophene rings is 1. The molecule has 3 aromatic rings. The van der Waals surface area contributed by atoms with Crippen molar-refractivity contribution in [2.45, 2.75) is 13.0 Å². The maximum atomic E-state index is 12.2. The minimum Gasteiger partial charge on any atom is -0.487 e. The molecular weight excluding hydrogens is 408 g/mol. The normalized spacial score (nSPS) is 10.5. The van der Waals surface area contributed by atoms with Gasteiger partial charge in [0.05, 0.1) is 15.0 Å². The van der Waals surface area contributed by atoms with E-state index in [1.54, 1.807) is 29.0 Å². The lowest BCUT2D eigenvalue weighted by Crippen LogP contribution is -2.25. The smallest absolute Gasteiger partial charge is 0.251 e. The number of nitrogens with one attached hydrogen (secondary N) is 1. The van der Waals surface area contributed by atoms with Gasteiger partial charge in [-0.3, -0.25) is 4.79 Å². The third-order valence-electron chi connectivity index (χ3n) is 3.25. The van der Waals surface area contributed by atoms with Gasteiger partial charge < -0.3 is 10.1 Å². The van der Waals surface area contributed by atoms with Crippen molar-refractivity contribution < 1.29 is 9.53 Å². The second-order valence-electron chi connectivity index (χ2n) is 5.01. The molecule has 0 aliphatic rings. The van der Waals surface area contributed by atoms with Gasteiger partial charge in [0.25, 0.3) is 5.91 Å². The Bertz CT molecular complexity index is 803. The number of hydrogen-bond acceptors (Lipinski definition) is 5. The summed E-state index contributed by atoms with van der Waals surface area (Å²) >= 11 is 6.66. The van der Waals surface area contributed by atoms with E-state index in [4.69, 9.17) is 4.74 Å². The molecule has 0 aliphatic heterocycles. The van der Waals surface area contributed by atoms with Crippen LogP contribution in [0.5, 0.6) is 5.75 Å². The zero-order valence-corrected chi connectivity index (χ0v) is 15.9. The predicted octanol–water partition coefficient (Wildman–Crippen LogP) is 4.52. The minimum absolute atomic E-state index is 0.0928. The van der Waals surface area contributed by atoms with Gasteiger partial charge in [-0.2, -0.15) is 0 Å². The van der Waals surface area contributed by atoms with Crippen LogP contribution in [0.1, 0.15) is 20.9 Å². The van der Waals surface area contributed by atoms with Gasteiger partial charge in [0.2, 0.25) is 0 Å². The first-order valence-corrected chi connectivity index (χ1v) is 9.88. The highest BCUT2D eigenvalue weighted by Gasteiger charge is 2.07. The van der Waals surface area contributed by atoms with E-state index in [1.165, 1.54) is 16.2 Å². The van der Waals surface area contributed by atoms with Crippen LogP contribution in [0.2, 0.25) is 0 Å². The van der Waals surface area contributed by atoms with Gasteiger partial charge in [0.15, 0.2) is 0 Å². The summed E-state index contributed by atoms with van der Waals surface area (Å²) in [6.07, 6.45) is 0.821. The number of nitrogens with zero attached hydrogens (tertiary/aromatic N) is 1. The SMILES string of the molecule is O=C(NCCc1ccc(Br)s1)c1cccc(OCc2cscn2)c1. The Kier molecular flexibility index (Phi) is 6.01. The Labute approximate surface area is 156 Å². The molecule has 4 nitrogen and oxygen atoms in total. The van der Waals surface area contributed by atoms with Crippen LogP contribution in [0.4, 0.5) is 0 Å². The van der Waals surface area contributed by atoms with Crippen molar-refractivity contribution in [3.05, 3.63) is 67.2 Å². The van der Waals surface area contributed by atoms with E-state index in [0.29, 0.717) is 24.5 Å². The standard InChI is InChI=1S/C17H15BrN2O2S2/c18-16-5-4-15(24-16)6-7-19-17(21)12-2-1-3-14(8-12)22-9-13-10-23-11-20-13/h1-5,8,10-11H,6-7,9H2,(H,19,21). The minimum atomic E-state index is -0.0928. The number of hydrogen-bond donors (Lipinski definition) is 1. The van der Waals surface area contributed by atoms with Crippen LogP contribution in [0.25, 0.3) is 0 Å². The number of carbonyl (C=O) groups excluding carboxylic acids is 1. The van der Waals surface area contributed by atoms with Gasteiger partial charge in [-0.05, 0) is 52.7 Å². The molecule has 2 aromatic heterocycles. The fourth-order valence-corrected chi connectivity index (χ4v) is 4.11. The van der Waals surface area contributed by atoms with Crippen molar-refractivity contribution in [2.75, 3.05) is 6.54 Å². The molecule has 0 saturated carbocycles. The van der Waals surface area contributed by atoms with E-state index >= 15 is 0 Å². The molecule has 0 unspecified atom stereocenters. The molecule has 24 heavy (non-hydrogen) atoms. The molecule has 2 heterocycles. The van der Waals surface area contributed by atoms with Crippen molar-refractivity contribution in [1.82, 2.24) is 10.3 Å². The van der Waals surface area contributed by atoms with E-state index in [9.17, 15) is 4.79 Å². The molecule has 1 aromatic carbocycles. The Morgan fingerprint density at radius 2 is 2.21 bits per heavy atom. The van der Waals surface area contributed by atoms with Crippen molar-refractivity contribution >= 4 is 44.5 Å². The van der Waals surface area contributed by atoms with Crippen molar-refractivity contribution in [2.24, 2.45) is 0 Å². The summed E-state index contributed by atoms with van der Waals surface area (Å²) in [5.41, 5.74) is 3.25. The Morgan fingerprint density at radius 1 is 1.29 bits per heavy atom. The van der Waals surface area contributed by atoms with Gasteiger partial charge in [-0.15, -0.1) is 22.7 Å². The molecule has 7 heteroatoms. The lowest BCUT2D eigenvalue weighted by Gasteiger charge is -2.08. The zero-order valence-electron chi connectivity index (χ0n) is 12.7. The maximum absolute atomic E-state index is 12.2. The molecule has 0 spiro atoms. The van der Waals surface area contributed by atoms with E-state index < -0.39 is 0 Å². The first kappa shape index (κ1) is 17.1. The summed E-state index contributed by atoms with van der Waals surface area (Å²) in [4.78, 5) is 17.7. The van der Waals surface area contributed by atoms with Crippen molar-refractivity contribution in [3.63, 3.8) is 0 Å². The van der Waals surface area contributed by atoms with Crippen molar-refractivity contribution in [1.29, 1.82) is 0 Å². The zero-order chi connectivity index (χ0) is 16.8. The molecule has 3 rings (SSSR count). The number of thiazole rings is 1. The number of rotatable bonds is 7. The van der Waals surface area contributed by atoms with Crippen molar-refractivity contribution in [3.8, 4) is 5.75 Å². The van der Waals surface area contributed by atoms with Crippen LogP contribution in [0.3, 0.4) is 0 Å². The van der Waals surface area contributed by atoms with E-state index in [1.807, 2.05) is 23.6 Å². The largest absolute Gasteiger partial charge is 0.487 e. The third-order valence-corrected chi connectivity index (χ3v) is 5.57. The lowest BCUT2D eigenvalue weighted by atomic mass is 10.2. The van der Waals surface area contributed by atoms with Gasteiger partial charge in [-0.25, -0.2) is 4.98 Å². The summed E-state index contributed by atoms with van der Waals surface area (Å²) in [7, 11) is 0. The van der Waals surface area contributed by atoms with Gasteiger partial charge in [-0.1, -0.05) is 6.07 Å². The van der Waals surface area contributed by atoms with Gasteiger partial charge in [0, 0.05) is 22.4 Å². The summed E-state index contributed by atoms with van der Waals surface area (Å²) < 4.78 is 6.78. The molecule has 0 radical (unpaired) electrons. The topological polar surface area (TPSA) is 51.2 Å². The van der Waals surface area contributed by atoms with E-state index in [2.05, 4.69) is 32.3 Å². The van der Waals surface area contributed by atoms with Gasteiger partial charge >= 0.3 is 0 Å². The second-order valence-corrected chi connectivity index (χ2v) is 8.27. The predicted molar refractivity (Wildman–Crippen MR) is 101 cm³/mol. The average Bonchev–Trinajstić information content (AvgIpc) is 3.25. The molecule has 1 N–H and O–H groups in total. The van der Waals surface area contributed by atoms with Crippen LogP contribution in [0.15, 0.2) is 51.1 Å². The summed E-state index contributed by atoms with van der Waals surface area (Å²) in [6.45, 7) is 1.01. The monoisotopic (exact) mass is 422 g/mol. The highest BCUT2D eigenvalue weighted by molar-refractivity contribution is 9.11. The van der Waals surface area contributed by atoms with Crippen LogP contribution in [-0.2, 0) is 13.0 Å². The van der Waals surface area contributed by atoms with Crippen LogP contribution in [0, 0.1) is 0 Å². The molecule has 0 bridgehead atoms. The number of halogens is 1. The molecule has 124 valence electrons. The highest BCUT2D eigenvalue weighted by atomic mass is 79.9.